The molecule has 20 heavy (non-hydrogen) atoms. The second-order valence-corrected chi connectivity index (χ2v) is 5.06. The smallest absolute Gasteiger partial charge is 0.274 e. The maximum atomic E-state index is 12.4. The SMILES string of the molecule is CCNc1ccc(C(=O)N2CCN(CC)C(C)C2)nn1. The van der Waals surface area contributed by atoms with Crippen molar-refractivity contribution in [2.75, 3.05) is 38.0 Å². The summed E-state index contributed by atoms with van der Waals surface area (Å²) in [6.07, 6.45) is 0. The number of amides is 1. The van der Waals surface area contributed by atoms with Crippen LogP contribution in [0.4, 0.5) is 5.82 Å². The largest absolute Gasteiger partial charge is 0.369 e. The van der Waals surface area contributed by atoms with Gasteiger partial charge in [0.2, 0.25) is 0 Å². The van der Waals surface area contributed by atoms with E-state index in [0.29, 0.717) is 17.6 Å². The van der Waals surface area contributed by atoms with Gasteiger partial charge >= 0.3 is 0 Å². The van der Waals surface area contributed by atoms with Crippen molar-refractivity contribution in [3.05, 3.63) is 17.8 Å². The lowest BCUT2D eigenvalue weighted by Gasteiger charge is -2.39. The van der Waals surface area contributed by atoms with Crippen molar-refractivity contribution in [1.29, 1.82) is 0 Å². The molecule has 0 saturated carbocycles. The second kappa shape index (κ2) is 6.65. The molecular formula is C14H23N5O. The van der Waals surface area contributed by atoms with Gasteiger partial charge in [-0.3, -0.25) is 9.69 Å². The lowest BCUT2D eigenvalue weighted by atomic mass is 10.2. The molecule has 1 fully saturated rings. The van der Waals surface area contributed by atoms with Gasteiger partial charge in [0, 0.05) is 32.2 Å². The average molecular weight is 277 g/mol. The summed E-state index contributed by atoms with van der Waals surface area (Å²) in [5.74, 6) is 0.677. The highest BCUT2D eigenvalue weighted by molar-refractivity contribution is 5.92. The monoisotopic (exact) mass is 277 g/mol. The minimum atomic E-state index is -0.0249. The maximum absolute atomic E-state index is 12.4. The van der Waals surface area contributed by atoms with E-state index in [-0.39, 0.29) is 5.91 Å². The Bertz CT molecular complexity index is 447. The lowest BCUT2D eigenvalue weighted by Crippen LogP contribution is -2.53. The fourth-order valence-electron chi connectivity index (χ4n) is 2.53. The Morgan fingerprint density at radius 2 is 2.15 bits per heavy atom. The van der Waals surface area contributed by atoms with E-state index < -0.39 is 0 Å². The molecule has 2 rings (SSSR count). The second-order valence-electron chi connectivity index (χ2n) is 5.06. The van der Waals surface area contributed by atoms with Crippen LogP contribution in [0.5, 0.6) is 0 Å². The molecule has 1 amide bonds. The zero-order chi connectivity index (χ0) is 14.5. The first-order chi connectivity index (χ1) is 9.65. The quantitative estimate of drug-likeness (QED) is 0.892. The van der Waals surface area contributed by atoms with E-state index in [4.69, 9.17) is 0 Å². The molecule has 0 spiro atoms. The molecule has 1 aromatic rings. The van der Waals surface area contributed by atoms with E-state index in [2.05, 4.69) is 34.3 Å². The molecule has 0 aromatic carbocycles. The third kappa shape index (κ3) is 3.25. The van der Waals surface area contributed by atoms with Crippen LogP contribution >= 0.6 is 0 Å². The topological polar surface area (TPSA) is 61.4 Å². The number of piperazine rings is 1. The fourth-order valence-corrected chi connectivity index (χ4v) is 2.53. The number of likely N-dealkylation sites (N-methyl/N-ethyl adjacent to an activating group) is 1. The molecule has 1 atom stereocenters. The first-order valence-corrected chi connectivity index (χ1v) is 7.26. The molecule has 6 heteroatoms. The molecule has 6 nitrogen and oxygen atoms in total. The Kier molecular flexibility index (Phi) is 4.89. The third-order valence-corrected chi connectivity index (χ3v) is 3.70. The van der Waals surface area contributed by atoms with Crippen molar-refractivity contribution in [1.82, 2.24) is 20.0 Å². The molecule has 0 aliphatic carbocycles. The third-order valence-electron chi connectivity index (χ3n) is 3.70. The fraction of sp³-hybridized carbons (Fsp3) is 0.643. The predicted octanol–water partition coefficient (Wildman–Crippen LogP) is 1.07. The number of rotatable bonds is 4. The van der Waals surface area contributed by atoms with Crippen molar-refractivity contribution in [3.8, 4) is 0 Å². The van der Waals surface area contributed by atoms with Gasteiger partial charge in [-0.1, -0.05) is 6.92 Å². The summed E-state index contributed by atoms with van der Waals surface area (Å²) in [5, 5.41) is 11.1. The zero-order valence-corrected chi connectivity index (χ0v) is 12.5. The van der Waals surface area contributed by atoms with Crippen LogP contribution in [-0.4, -0.2) is 64.7 Å². The average Bonchev–Trinajstić information content (AvgIpc) is 2.47. The van der Waals surface area contributed by atoms with Gasteiger partial charge in [0.25, 0.3) is 5.91 Å². The zero-order valence-electron chi connectivity index (χ0n) is 12.5. The normalized spacial score (nSPS) is 19.9. The number of hydrogen-bond donors (Lipinski definition) is 1. The first-order valence-electron chi connectivity index (χ1n) is 7.26. The van der Waals surface area contributed by atoms with Crippen molar-refractivity contribution in [2.45, 2.75) is 26.8 Å². The highest BCUT2D eigenvalue weighted by atomic mass is 16.2. The van der Waals surface area contributed by atoms with Gasteiger partial charge < -0.3 is 10.2 Å². The Hall–Kier alpha value is -1.69. The molecule has 2 heterocycles. The van der Waals surface area contributed by atoms with Crippen LogP contribution in [-0.2, 0) is 0 Å². The first kappa shape index (κ1) is 14.7. The van der Waals surface area contributed by atoms with Gasteiger partial charge in [-0.15, -0.1) is 10.2 Å². The van der Waals surface area contributed by atoms with Gasteiger partial charge in [0.15, 0.2) is 5.69 Å². The van der Waals surface area contributed by atoms with Crippen LogP contribution < -0.4 is 5.32 Å². The van der Waals surface area contributed by atoms with Crippen molar-refractivity contribution in [2.24, 2.45) is 0 Å². The highest BCUT2D eigenvalue weighted by Crippen LogP contribution is 2.12. The van der Waals surface area contributed by atoms with Gasteiger partial charge in [0.05, 0.1) is 0 Å². The molecule has 1 aliphatic rings. The number of carbonyl (C=O) groups is 1. The minimum Gasteiger partial charge on any atom is -0.369 e. The molecular weight excluding hydrogens is 254 g/mol. The van der Waals surface area contributed by atoms with Crippen LogP contribution in [0.25, 0.3) is 0 Å². The standard InChI is InChI=1S/C14H23N5O/c1-4-15-13-7-6-12(16-17-13)14(20)19-9-8-18(5-2)11(3)10-19/h6-7,11H,4-5,8-10H2,1-3H3,(H,15,17). The number of anilines is 1. The Balaban J connectivity index is 2.00. The number of nitrogens with zero attached hydrogens (tertiary/aromatic N) is 4. The summed E-state index contributed by atoms with van der Waals surface area (Å²) in [5.41, 5.74) is 0.420. The molecule has 1 N–H and O–H groups in total. The molecule has 1 saturated heterocycles. The molecule has 1 aliphatic heterocycles. The summed E-state index contributed by atoms with van der Waals surface area (Å²) in [6.45, 7) is 10.6. The number of nitrogens with one attached hydrogen (secondary N) is 1. The number of aromatic nitrogens is 2. The van der Waals surface area contributed by atoms with Crippen LogP contribution in [0.1, 0.15) is 31.3 Å². The Labute approximate surface area is 120 Å². The van der Waals surface area contributed by atoms with Gasteiger partial charge in [-0.25, -0.2) is 0 Å². The van der Waals surface area contributed by atoms with Crippen LogP contribution in [0.15, 0.2) is 12.1 Å². The summed E-state index contributed by atoms with van der Waals surface area (Å²) in [6, 6.07) is 3.94. The number of hydrogen-bond acceptors (Lipinski definition) is 5. The van der Waals surface area contributed by atoms with Crippen LogP contribution in [0.2, 0.25) is 0 Å². The van der Waals surface area contributed by atoms with Gasteiger partial charge in [0.1, 0.15) is 5.82 Å². The number of carbonyl (C=O) groups excluding carboxylic acids is 1. The van der Waals surface area contributed by atoms with E-state index >= 15 is 0 Å². The molecule has 110 valence electrons. The van der Waals surface area contributed by atoms with Crippen molar-refractivity contribution >= 4 is 11.7 Å². The highest BCUT2D eigenvalue weighted by Gasteiger charge is 2.27. The van der Waals surface area contributed by atoms with E-state index in [1.165, 1.54) is 0 Å². The summed E-state index contributed by atoms with van der Waals surface area (Å²) in [4.78, 5) is 16.6. The summed E-state index contributed by atoms with van der Waals surface area (Å²) in [7, 11) is 0. The molecule has 0 radical (unpaired) electrons. The van der Waals surface area contributed by atoms with Gasteiger partial charge in [-0.2, -0.15) is 0 Å². The van der Waals surface area contributed by atoms with Gasteiger partial charge in [-0.05, 0) is 32.5 Å². The minimum absolute atomic E-state index is 0.0249. The van der Waals surface area contributed by atoms with E-state index in [1.54, 1.807) is 12.1 Å². The van der Waals surface area contributed by atoms with Crippen molar-refractivity contribution < 1.29 is 4.79 Å². The Morgan fingerprint density at radius 3 is 2.70 bits per heavy atom. The lowest BCUT2D eigenvalue weighted by molar-refractivity contribution is 0.0522. The van der Waals surface area contributed by atoms with E-state index in [9.17, 15) is 4.79 Å². The molecule has 1 aromatic heterocycles. The predicted molar refractivity (Wildman–Crippen MR) is 78.8 cm³/mol. The van der Waals surface area contributed by atoms with Crippen LogP contribution in [0, 0.1) is 0 Å². The molecule has 0 bridgehead atoms. The van der Waals surface area contributed by atoms with Crippen molar-refractivity contribution in [3.63, 3.8) is 0 Å². The Morgan fingerprint density at radius 1 is 1.35 bits per heavy atom. The maximum Gasteiger partial charge on any atom is 0.274 e. The summed E-state index contributed by atoms with van der Waals surface area (Å²) >= 11 is 0. The van der Waals surface area contributed by atoms with E-state index in [0.717, 1.165) is 32.7 Å². The van der Waals surface area contributed by atoms with Crippen LogP contribution in [0.3, 0.4) is 0 Å². The summed E-state index contributed by atoms with van der Waals surface area (Å²) < 4.78 is 0. The molecule has 1 unspecified atom stereocenters. The van der Waals surface area contributed by atoms with E-state index in [1.807, 2.05) is 11.8 Å².